The van der Waals surface area contributed by atoms with Crippen LogP contribution in [0.2, 0.25) is 0 Å². The van der Waals surface area contributed by atoms with Crippen molar-refractivity contribution in [3.63, 3.8) is 0 Å². The van der Waals surface area contributed by atoms with Gasteiger partial charge in [-0.15, -0.1) is 11.3 Å². The first-order valence-corrected chi connectivity index (χ1v) is 6.23. The lowest BCUT2D eigenvalue weighted by Gasteiger charge is -2.16. The predicted octanol–water partition coefficient (Wildman–Crippen LogP) is 2.53. The van der Waals surface area contributed by atoms with Gasteiger partial charge in [-0.1, -0.05) is 19.4 Å². The summed E-state index contributed by atoms with van der Waals surface area (Å²) in [4.78, 5) is 1.45. The zero-order valence-corrected chi connectivity index (χ0v) is 9.65. The number of thiophene rings is 1. The zero-order valence-electron chi connectivity index (χ0n) is 8.83. The third-order valence-electron chi connectivity index (χ3n) is 2.24. The Balaban J connectivity index is 2.39. The van der Waals surface area contributed by atoms with Crippen LogP contribution < -0.4 is 11.1 Å². The first kappa shape index (κ1) is 11.7. The average molecular weight is 212 g/mol. The summed E-state index contributed by atoms with van der Waals surface area (Å²) in [5.41, 5.74) is 5.47. The van der Waals surface area contributed by atoms with Gasteiger partial charge in [0.2, 0.25) is 0 Å². The molecule has 3 N–H and O–H groups in total. The molecule has 1 atom stereocenters. The van der Waals surface area contributed by atoms with Gasteiger partial charge in [-0.25, -0.2) is 0 Å². The van der Waals surface area contributed by atoms with Gasteiger partial charge in [0.15, 0.2) is 0 Å². The van der Waals surface area contributed by atoms with Gasteiger partial charge < -0.3 is 11.1 Å². The number of nitrogens with two attached hydrogens (primary N) is 1. The highest BCUT2D eigenvalue weighted by molar-refractivity contribution is 7.10. The summed E-state index contributed by atoms with van der Waals surface area (Å²) in [7, 11) is 0. The van der Waals surface area contributed by atoms with Crippen molar-refractivity contribution in [2.75, 3.05) is 13.1 Å². The molecule has 1 rings (SSSR count). The van der Waals surface area contributed by atoms with E-state index in [2.05, 4.69) is 29.8 Å². The molecule has 0 spiro atoms. The zero-order chi connectivity index (χ0) is 10.2. The van der Waals surface area contributed by atoms with Crippen molar-refractivity contribution in [2.24, 2.45) is 5.73 Å². The summed E-state index contributed by atoms with van der Waals surface area (Å²) in [5.74, 6) is 0. The van der Waals surface area contributed by atoms with Crippen molar-refractivity contribution in [3.05, 3.63) is 22.4 Å². The molecule has 0 amide bonds. The number of rotatable bonds is 7. The van der Waals surface area contributed by atoms with Gasteiger partial charge in [0.05, 0.1) is 0 Å². The summed E-state index contributed by atoms with van der Waals surface area (Å²) < 4.78 is 0. The van der Waals surface area contributed by atoms with Crippen molar-refractivity contribution < 1.29 is 0 Å². The lowest BCUT2D eigenvalue weighted by atomic mass is 10.1. The predicted molar refractivity (Wildman–Crippen MR) is 63.6 cm³/mol. The van der Waals surface area contributed by atoms with E-state index in [1.165, 1.54) is 17.7 Å². The molecule has 3 heteroatoms. The van der Waals surface area contributed by atoms with Gasteiger partial charge in [0.1, 0.15) is 0 Å². The molecule has 2 nitrogen and oxygen atoms in total. The number of nitrogens with one attached hydrogen (secondary N) is 1. The van der Waals surface area contributed by atoms with Gasteiger partial charge in [0, 0.05) is 10.9 Å². The van der Waals surface area contributed by atoms with Crippen LogP contribution in [0.1, 0.15) is 37.1 Å². The van der Waals surface area contributed by atoms with Crippen molar-refractivity contribution in [2.45, 2.75) is 32.2 Å². The molecule has 0 aromatic carbocycles. The third kappa shape index (κ3) is 3.78. The van der Waals surface area contributed by atoms with Crippen molar-refractivity contribution >= 4 is 11.3 Å². The molecule has 80 valence electrons. The summed E-state index contributed by atoms with van der Waals surface area (Å²) in [6, 6.07) is 4.86. The van der Waals surface area contributed by atoms with Gasteiger partial charge in [-0.2, -0.15) is 0 Å². The van der Waals surface area contributed by atoms with E-state index >= 15 is 0 Å². The van der Waals surface area contributed by atoms with E-state index in [9.17, 15) is 0 Å². The molecule has 1 aromatic rings. The molecule has 0 bridgehead atoms. The molecule has 14 heavy (non-hydrogen) atoms. The van der Waals surface area contributed by atoms with E-state index in [4.69, 9.17) is 5.73 Å². The molecule has 1 heterocycles. The fourth-order valence-corrected chi connectivity index (χ4v) is 2.34. The molecule has 1 aromatic heterocycles. The standard InChI is InChI=1S/C11H20N2S/c1-2-5-10(13-8-4-7-12)11-6-3-9-14-11/h3,6,9-10,13H,2,4-5,7-8,12H2,1H3. The first-order valence-electron chi connectivity index (χ1n) is 5.35. The fraction of sp³-hybridized carbons (Fsp3) is 0.636. The van der Waals surface area contributed by atoms with Crippen LogP contribution >= 0.6 is 11.3 Å². The fourth-order valence-electron chi connectivity index (χ4n) is 1.50. The molecule has 0 radical (unpaired) electrons. The van der Waals surface area contributed by atoms with E-state index in [1.807, 2.05) is 11.3 Å². The Morgan fingerprint density at radius 2 is 2.43 bits per heavy atom. The first-order chi connectivity index (χ1) is 6.88. The maximum Gasteiger partial charge on any atom is 0.0414 e. The molecule has 1 unspecified atom stereocenters. The summed E-state index contributed by atoms with van der Waals surface area (Å²) in [6.45, 7) is 4.03. The molecular formula is C11H20N2S. The monoisotopic (exact) mass is 212 g/mol. The summed E-state index contributed by atoms with van der Waals surface area (Å²) >= 11 is 1.84. The van der Waals surface area contributed by atoms with Gasteiger partial charge in [0.25, 0.3) is 0 Å². The van der Waals surface area contributed by atoms with Crippen LogP contribution in [0.15, 0.2) is 17.5 Å². The highest BCUT2D eigenvalue weighted by atomic mass is 32.1. The van der Waals surface area contributed by atoms with Crippen molar-refractivity contribution in [1.29, 1.82) is 0 Å². The minimum Gasteiger partial charge on any atom is -0.330 e. The largest absolute Gasteiger partial charge is 0.330 e. The summed E-state index contributed by atoms with van der Waals surface area (Å²) in [5, 5.41) is 5.70. The number of hydrogen-bond donors (Lipinski definition) is 2. The van der Waals surface area contributed by atoms with Gasteiger partial charge in [-0.3, -0.25) is 0 Å². The molecule has 0 aliphatic carbocycles. The van der Waals surface area contributed by atoms with E-state index in [0.29, 0.717) is 6.04 Å². The van der Waals surface area contributed by atoms with Crippen LogP contribution in [0, 0.1) is 0 Å². The Kier molecular flexibility index (Phi) is 5.83. The second-order valence-electron chi connectivity index (χ2n) is 3.45. The Hall–Kier alpha value is -0.380. The Labute approximate surface area is 90.5 Å². The number of hydrogen-bond acceptors (Lipinski definition) is 3. The Morgan fingerprint density at radius 1 is 1.57 bits per heavy atom. The van der Waals surface area contributed by atoms with E-state index < -0.39 is 0 Å². The van der Waals surface area contributed by atoms with E-state index in [0.717, 1.165) is 19.5 Å². The topological polar surface area (TPSA) is 38.0 Å². The van der Waals surface area contributed by atoms with E-state index in [-0.39, 0.29) is 0 Å². The lowest BCUT2D eigenvalue weighted by molar-refractivity contribution is 0.496. The van der Waals surface area contributed by atoms with Gasteiger partial charge >= 0.3 is 0 Å². The third-order valence-corrected chi connectivity index (χ3v) is 3.22. The molecule has 0 saturated heterocycles. The second kappa shape index (κ2) is 6.98. The average Bonchev–Trinajstić information content (AvgIpc) is 2.70. The quantitative estimate of drug-likeness (QED) is 0.682. The highest BCUT2D eigenvalue weighted by Crippen LogP contribution is 2.22. The Bertz CT molecular complexity index is 221. The molecule has 0 saturated carbocycles. The minimum atomic E-state index is 0.534. The molecule has 0 aliphatic rings. The maximum absolute atomic E-state index is 5.47. The molecule has 0 fully saturated rings. The van der Waals surface area contributed by atoms with Gasteiger partial charge in [-0.05, 0) is 37.4 Å². The lowest BCUT2D eigenvalue weighted by Crippen LogP contribution is -2.23. The van der Waals surface area contributed by atoms with Crippen LogP contribution in [0.5, 0.6) is 0 Å². The normalized spacial score (nSPS) is 13.0. The highest BCUT2D eigenvalue weighted by Gasteiger charge is 2.09. The summed E-state index contributed by atoms with van der Waals surface area (Å²) in [6.07, 6.45) is 3.49. The molecular weight excluding hydrogens is 192 g/mol. The minimum absolute atomic E-state index is 0.534. The second-order valence-corrected chi connectivity index (χ2v) is 4.43. The smallest absolute Gasteiger partial charge is 0.0414 e. The Morgan fingerprint density at radius 3 is 3.00 bits per heavy atom. The van der Waals surface area contributed by atoms with Crippen molar-refractivity contribution in [1.82, 2.24) is 5.32 Å². The van der Waals surface area contributed by atoms with Crippen LogP contribution in [0.25, 0.3) is 0 Å². The van der Waals surface area contributed by atoms with Crippen LogP contribution in [-0.2, 0) is 0 Å². The van der Waals surface area contributed by atoms with Crippen LogP contribution in [0.4, 0.5) is 0 Å². The van der Waals surface area contributed by atoms with E-state index in [1.54, 1.807) is 0 Å². The SMILES string of the molecule is CCCC(NCCCN)c1cccs1. The maximum atomic E-state index is 5.47. The van der Waals surface area contributed by atoms with Crippen LogP contribution in [0.3, 0.4) is 0 Å². The molecule has 0 aliphatic heterocycles. The van der Waals surface area contributed by atoms with Crippen LogP contribution in [-0.4, -0.2) is 13.1 Å². The van der Waals surface area contributed by atoms with Crippen molar-refractivity contribution in [3.8, 4) is 0 Å².